The van der Waals surface area contributed by atoms with E-state index in [1.165, 1.54) is 0 Å². The van der Waals surface area contributed by atoms with Crippen LogP contribution >= 0.6 is 15.9 Å². The predicted molar refractivity (Wildman–Crippen MR) is 52.5 cm³/mol. The molecule has 0 aliphatic rings. The van der Waals surface area contributed by atoms with E-state index >= 15 is 0 Å². The molecule has 1 rings (SSSR count). The zero-order valence-electron chi connectivity index (χ0n) is 7.00. The maximum Gasteiger partial charge on any atom is 0.147 e. The number of pyridine rings is 1. The van der Waals surface area contributed by atoms with Gasteiger partial charge in [-0.1, -0.05) is 0 Å². The first kappa shape index (κ1) is 9.19. The summed E-state index contributed by atoms with van der Waals surface area (Å²) in [4.78, 5) is 5.80. The highest BCUT2D eigenvalue weighted by Gasteiger charge is 2.07. The van der Waals surface area contributed by atoms with Gasteiger partial charge in [0.25, 0.3) is 0 Å². The zero-order valence-corrected chi connectivity index (χ0v) is 8.59. The lowest BCUT2D eigenvalue weighted by Crippen LogP contribution is -2.23. The first-order valence-electron chi connectivity index (χ1n) is 3.49. The third-order valence-electron chi connectivity index (χ3n) is 1.43. The van der Waals surface area contributed by atoms with Gasteiger partial charge < -0.3 is 4.90 Å². The second kappa shape index (κ2) is 3.67. The Kier molecular flexibility index (Phi) is 2.81. The Labute approximate surface area is 80.1 Å². The van der Waals surface area contributed by atoms with Crippen LogP contribution in [-0.4, -0.2) is 29.8 Å². The summed E-state index contributed by atoms with van der Waals surface area (Å²) < 4.78 is 0.851. The maximum atomic E-state index is 7.66. The minimum absolute atomic E-state index is 0.405. The third kappa shape index (κ3) is 1.82. The van der Waals surface area contributed by atoms with Crippen molar-refractivity contribution in [3.63, 3.8) is 0 Å². The van der Waals surface area contributed by atoms with E-state index < -0.39 is 0 Å². The summed E-state index contributed by atoms with van der Waals surface area (Å²) in [5.41, 5.74) is 0.669. The number of hydrogen-bond acceptors (Lipinski definition) is 2. The van der Waals surface area contributed by atoms with Crippen LogP contribution in [0.25, 0.3) is 0 Å². The minimum Gasteiger partial charge on any atom is -0.361 e. The fourth-order valence-corrected chi connectivity index (χ4v) is 1.21. The summed E-state index contributed by atoms with van der Waals surface area (Å²) in [6, 6.07) is 3.71. The van der Waals surface area contributed by atoms with E-state index in [1.54, 1.807) is 11.1 Å². The lowest BCUT2D eigenvalue weighted by Gasteiger charge is -2.13. The highest BCUT2D eigenvalue weighted by atomic mass is 79.9. The average molecular weight is 228 g/mol. The van der Waals surface area contributed by atoms with Gasteiger partial charge >= 0.3 is 0 Å². The molecule has 0 aliphatic heterocycles. The number of nitrogens with one attached hydrogen (secondary N) is 1. The summed E-state index contributed by atoms with van der Waals surface area (Å²) in [5, 5.41) is 7.66. The lowest BCUT2D eigenvalue weighted by atomic mass is 10.3. The highest BCUT2D eigenvalue weighted by Crippen LogP contribution is 2.13. The normalized spacial score (nSPS) is 9.58. The SMILES string of the molecule is CN(C)C(=N)c1ncccc1Br. The van der Waals surface area contributed by atoms with Gasteiger partial charge in [0.1, 0.15) is 11.5 Å². The fraction of sp³-hybridized carbons (Fsp3) is 0.250. The number of amidine groups is 1. The Hall–Kier alpha value is -0.900. The highest BCUT2D eigenvalue weighted by molar-refractivity contribution is 9.10. The molecule has 0 saturated heterocycles. The van der Waals surface area contributed by atoms with E-state index in [9.17, 15) is 0 Å². The average Bonchev–Trinajstić information content (AvgIpc) is 2.04. The smallest absolute Gasteiger partial charge is 0.147 e. The summed E-state index contributed by atoms with van der Waals surface area (Å²) in [7, 11) is 3.65. The van der Waals surface area contributed by atoms with Crippen LogP contribution in [0.5, 0.6) is 0 Å². The van der Waals surface area contributed by atoms with Gasteiger partial charge in [0.05, 0.1) is 0 Å². The molecule has 0 spiro atoms. The van der Waals surface area contributed by atoms with Gasteiger partial charge in [-0.25, -0.2) is 0 Å². The van der Waals surface area contributed by atoms with Gasteiger partial charge in [0.15, 0.2) is 0 Å². The zero-order chi connectivity index (χ0) is 9.14. The van der Waals surface area contributed by atoms with Crippen LogP contribution in [0.1, 0.15) is 5.69 Å². The quantitative estimate of drug-likeness (QED) is 0.587. The Morgan fingerprint density at radius 1 is 1.58 bits per heavy atom. The maximum absolute atomic E-state index is 7.66. The molecular weight excluding hydrogens is 218 g/mol. The van der Waals surface area contributed by atoms with Crippen molar-refractivity contribution in [2.75, 3.05) is 14.1 Å². The Bertz CT molecular complexity index is 296. The van der Waals surface area contributed by atoms with Crippen molar-refractivity contribution >= 4 is 21.8 Å². The molecule has 1 aromatic rings. The first-order valence-corrected chi connectivity index (χ1v) is 4.29. The Balaban J connectivity index is 3.03. The fourth-order valence-electron chi connectivity index (χ4n) is 0.772. The Morgan fingerprint density at radius 3 is 2.75 bits per heavy atom. The van der Waals surface area contributed by atoms with Gasteiger partial charge in [-0.3, -0.25) is 10.4 Å². The van der Waals surface area contributed by atoms with E-state index in [4.69, 9.17) is 5.41 Å². The monoisotopic (exact) mass is 227 g/mol. The molecule has 1 aromatic heterocycles. The standard InChI is InChI=1S/C8H10BrN3/c1-12(2)8(10)7-6(9)4-3-5-11-7/h3-5,10H,1-2H3. The van der Waals surface area contributed by atoms with Crippen LogP contribution in [0.3, 0.4) is 0 Å². The minimum atomic E-state index is 0.405. The van der Waals surface area contributed by atoms with E-state index in [0.29, 0.717) is 11.5 Å². The molecule has 0 radical (unpaired) electrons. The second-order valence-electron chi connectivity index (χ2n) is 2.58. The van der Waals surface area contributed by atoms with Crippen molar-refractivity contribution in [3.8, 4) is 0 Å². The van der Waals surface area contributed by atoms with Crippen LogP contribution in [0.2, 0.25) is 0 Å². The summed E-state index contributed by atoms with van der Waals surface area (Å²) in [6.07, 6.45) is 1.68. The van der Waals surface area contributed by atoms with Gasteiger partial charge in [-0.2, -0.15) is 0 Å². The van der Waals surface area contributed by atoms with Crippen LogP contribution in [0.15, 0.2) is 22.8 Å². The van der Waals surface area contributed by atoms with E-state index in [2.05, 4.69) is 20.9 Å². The number of rotatable bonds is 1. The molecule has 0 aromatic carbocycles. The van der Waals surface area contributed by atoms with Crippen molar-refractivity contribution in [2.45, 2.75) is 0 Å². The van der Waals surface area contributed by atoms with Crippen molar-refractivity contribution in [3.05, 3.63) is 28.5 Å². The van der Waals surface area contributed by atoms with Crippen molar-refractivity contribution < 1.29 is 0 Å². The number of nitrogens with zero attached hydrogens (tertiary/aromatic N) is 2. The summed E-state index contributed by atoms with van der Waals surface area (Å²) in [5.74, 6) is 0.405. The third-order valence-corrected chi connectivity index (χ3v) is 2.07. The van der Waals surface area contributed by atoms with Crippen LogP contribution in [0, 0.1) is 5.41 Å². The first-order chi connectivity index (χ1) is 5.63. The molecule has 0 amide bonds. The van der Waals surface area contributed by atoms with Crippen molar-refractivity contribution in [1.82, 2.24) is 9.88 Å². The Morgan fingerprint density at radius 2 is 2.25 bits per heavy atom. The molecule has 0 unspecified atom stereocenters. The van der Waals surface area contributed by atoms with Crippen molar-refractivity contribution in [1.29, 1.82) is 5.41 Å². The molecule has 1 N–H and O–H groups in total. The summed E-state index contributed by atoms with van der Waals surface area (Å²) >= 11 is 3.34. The van der Waals surface area contributed by atoms with Gasteiger partial charge in [0.2, 0.25) is 0 Å². The van der Waals surface area contributed by atoms with E-state index in [1.807, 2.05) is 26.2 Å². The number of hydrogen-bond donors (Lipinski definition) is 1. The molecule has 3 nitrogen and oxygen atoms in total. The molecule has 64 valence electrons. The van der Waals surface area contributed by atoms with Gasteiger partial charge in [0, 0.05) is 24.8 Å². The largest absolute Gasteiger partial charge is 0.361 e. The van der Waals surface area contributed by atoms with E-state index in [0.717, 1.165) is 4.47 Å². The van der Waals surface area contributed by atoms with Crippen molar-refractivity contribution in [2.24, 2.45) is 0 Å². The van der Waals surface area contributed by atoms with Gasteiger partial charge in [-0.05, 0) is 28.1 Å². The van der Waals surface area contributed by atoms with Crippen LogP contribution in [-0.2, 0) is 0 Å². The summed E-state index contributed by atoms with van der Waals surface area (Å²) in [6.45, 7) is 0. The molecule has 0 bridgehead atoms. The van der Waals surface area contributed by atoms with E-state index in [-0.39, 0.29) is 0 Å². The number of halogens is 1. The molecule has 1 heterocycles. The molecule has 4 heteroatoms. The van der Waals surface area contributed by atoms with Gasteiger partial charge in [-0.15, -0.1) is 0 Å². The second-order valence-corrected chi connectivity index (χ2v) is 3.43. The van der Waals surface area contributed by atoms with Crippen LogP contribution in [0.4, 0.5) is 0 Å². The molecule has 12 heavy (non-hydrogen) atoms. The topological polar surface area (TPSA) is 40.0 Å². The molecule has 0 fully saturated rings. The molecule has 0 aliphatic carbocycles. The number of aromatic nitrogens is 1. The van der Waals surface area contributed by atoms with Crippen LogP contribution < -0.4 is 0 Å². The molecule has 0 atom stereocenters. The predicted octanol–water partition coefficient (Wildman–Crippen LogP) is 1.73. The molecular formula is C8H10BrN3. The lowest BCUT2D eigenvalue weighted by molar-refractivity contribution is 0.616. The molecule has 0 saturated carbocycles.